The van der Waals surface area contributed by atoms with Crippen molar-refractivity contribution < 1.29 is 18.7 Å². The van der Waals surface area contributed by atoms with Crippen LogP contribution in [0.15, 0.2) is 22.8 Å². The van der Waals surface area contributed by atoms with Crippen LogP contribution in [0.25, 0.3) is 0 Å². The van der Waals surface area contributed by atoms with Crippen LogP contribution in [0.3, 0.4) is 0 Å². The molecule has 0 saturated heterocycles. The van der Waals surface area contributed by atoms with Crippen LogP contribution in [0.5, 0.6) is 0 Å². The highest BCUT2D eigenvalue weighted by Crippen LogP contribution is 2.51. The number of thioether (sulfide) groups is 1. The molecule has 0 amide bonds. The van der Waals surface area contributed by atoms with E-state index in [1.165, 1.54) is 13.4 Å². The SMILES string of the molecule is COC(=O)CC1(CSCC(=O)c2ccco2)CC1. The van der Waals surface area contributed by atoms with E-state index in [1.807, 2.05) is 0 Å². The largest absolute Gasteiger partial charge is 0.469 e. The van der Waals surface area contributed by atoms with Crippen molar-refractivity contribution in [3.8, 4) is 0 Å². The molecule has 1 aliphatic rings. The zero-order valence-corrected chi connectivity index (χ0v) is 11.1. The summed E-state index contributed by atoms with van der Waals surface area (Å²) in [5.41, 5.74) is 0.0706. The van der Waals surface area contributed by atoms with Gasteiger partial charge in [-0.2, -0.15) is 11.8 Å². The van der Waals surface area contributed by atoms with Gasteiger partial charge in [-0.3, -0.25) is 9.59 Å². The van der Waals surface area contributed by atoms with Gasteiger partial charge in [0, 0.05) is 0 Å². The average Bonchev–Trinajstić information content (AvgIpc) is 2.92. The summed E-state index contributed by atoms with van der Waals surface area (Å²) in [5.74, 6) is 1.47. The maximum absolute atomic E-state index is 11.7. The Morgan fingerprint density at radius 3 is 2.83 bits per heavy atom. The molecule has 0 aromatic carbocycles. The predicted molar refractivity (Wildman–Crippen MR) is 68.7 cm³/mol. The smallest absolute Gasteiger partial charge is 0.306 e. The minimum absolute atomic E-state index is 0.00105. The first kappa shape index (κ1) is 13.2. The van der Waals surface area contributed by atoms with Crippen molar-refractivity contribution in [2.24, 2.45) is 5.41 Å². The molecule has 4 nitrogen and oxygen atoms in total. The Kier molecular flexibility index (Phi) is 4.11. The molecule has 0 radical (unpaired) electrons. The predicted octanol–water partition coefficient (Wildman–Crippen LogP) is 2.54. The molecule has 0 unspecified atom stereocenters. The molecule has 0 bridgehead atoms. The Morgan fingerprint density at radius 1 is 1.50 bits per heavy atom. The number of furan rings is 1. The van der Waals surface area contributed by atoms with Gasteiger partial charge in [-0.1, -0.05) is 0 Å². The van der Waals surface area contributed by atoms with Gasteiger partial charge in [0.15, 0.2) is 5.76 Å². The minimum atomic E-state index is -0.162. The molecule has 18 heavy (non-hydrogen) atoms. The second-order valence-corrected chi connectivity index (χ2v) is 5.63. The van der Waals surface area contributed by atoms with Crippen LogP contribution < -0.4 is 0 Å². The molecule has 1 fully saturated rings. The third kappa shape index (κ3) is 3.38. The van der Waals surface area contributed by atoms with Crippen LogP contribution in [-0.4, -0.2) is 30.4 Å². The molecule has 0 spiro atoms. The lowest BCUT2D eigenvalue weighted by atomic mass is 10.1. The van der Waals surface area contributed by atoms with Crippen molar-refractivity contribution in [1.29, 1.82) is 0 Å². The summed E-state index contributed by atoms with van der Waals surface area (Å²) in [6, 6.07) is 3.38. The topological polar surface area (TPSA) is 56.5 Å². The highest BCUT2D eigenvalue weighted by Gasteiger charge is 2.44. The van der Waals surface area contributed by atoms with Crippen molar-refractivity contribution in [3.63, 3.8) is 0 Å². The lowest BCUT2D eigenvalue weighted by Crippen LogP contribution is -2.14. The summed E-state index contributed by atoms with van der Waals surface area (Å²) in [4.78, 5) is 22.9. The van der Waals surface area contributed by atoms with E-state index in [1.54, 1.807) is 23.9 Å². The summed E-state index contributed by atoms with van der Waals surface area (Å²) in [7, 11) is 1.41. The number of ether oxygens (including phenoxy) is 1. The fourth-order valence-corrected chi connectivity index (χ4v) is 3.05. The summed E-state index contributed by atoms with van der Waals surface area (Å²) in [5, 5.41) is 0. The van der Waals surface area contributed by atoms with Crippen molar-refractivity contribution in [2.75, 3.05) is 18.6 Å². The number of rotatable bonds is 7. The zero-order valence-electron chi connectivity index (χ0n) is 10.3. The van der Waals surface area contributed by atoms with Gasteiger partial charge in [0.2, 0.25) is 5.78 Å². The Hall–Kier alpha value is -1.23. The average molecular weight is 268 g/mol. The van der Waals surface area contributed by atoms with Crippen molar-refractivity contribution >= 4 is 23.5 Å². The molecule has 1 heterocycles. The molecule has 1 saturated carbocycles. The maximum Gasteiger partial charge on any atom is 0.306 e. The van der Waals surface area contributed by atoms with Crippen LogP contribution in [0.1, 0.15) is 29.8 Å². The van der Waals surface area contributed by atoms with Crippen LogP contribution >= 0.6 is 11.8 Å². The fourth-order valence-electron chi connectivity index (χ4n) is 1.80. The van der Waals surface area contributed by atoms with E-state index in [0.29, 0.717) is 17.9 Å². The molecule has 0 atom stereocenters. The van der Waals surface area contributed by atoms with Crippen LogP contribution in [0.4, 0.5) is 0 Å². The van der Waals surface area contributed by atoms with Crippen molar-refractivity contribution in [2.45, 2.75) is 19.3 Å². The number of methoxy groups -OCH3 is 1. The third-order valence-electron chi connectivity index (χ3n) is 3.14. The summed E-state index contributed by atoms with van der Waals surface area (Å²) in [6.07, 6.45) is 4.05. The van der Waals surface area contributed by atoms with E-state index < -0.39 is 0 Å². The number of carbonyl (C=O) groups is 2. The molecule has 0 N–H and O–H groups in total. The van der Waals surface area contributed by atoms with E-state index in [0.717, 1.165) is 18.6 Å². The first-order chi connectivity index (χ1) is 8.65. The number of esters is 1. The summed E-state index contributed by atoms with van der Waals surface area (Å²) in [6.45, 7) is 0. The van der Waals surface area contributed by atoms with Crippen LogP contribution in [0, 0.1) is 5.41 Å². The van der Waals surface area contributed by atoms with Gasteiger partial charge in [-0.25, -0.2) is 0 Å². The highest BCUT2D eigenvalue weighted by molar-refractivity contribution is 8.00. The normalized spacial score (nSPS) is 16.3. The quantitative estimate of drug-likeness (QED) is 0.562. The molecule has 1 aromatic heterocycles. The second kappa shape index (κ2) is 5.61. The molecule has 1 aromatic rings. The first-order valence-corrected chi connectivity index (χ1v) is 7.02. The van der Waals surface area contributed by atoms with Crippen molar-refractivity contribution in [1.82, 2.24) is 0 Å². The van der Waals surface area contributed by atoms with Gasteiger partial charge < -0.3 is 9.15 Å². The Labute approximate surface area is 110 Å². The number of ketones is 1. The number of Topliss-reactive ketones (excluding diaryl/α,β-unsaturated/α-hetero) is 1. The van der Waals surface area contributed by atoms with E-state index in [-0.39, 0.29) is 17.2 Å². The highest BCUT2D eigenvalue weighted by atomic mass is 32.2. The standard InChI is InChI=1S/C13H16O4S/c1-16-12(15)7-13(4-5-13)9-18-8-10(14)11-3-2-6-17-11/h2-3,6H,4-5,7-9H2,1H3. The fraction of sp³-hybridized carbons (Fsp3) is 0.538. The van der Waals surface area contributed by atoms with E-state index in [2.05, 4.69) is 4.74 Å². The van der Waals surface area contributed by atoms with Gasteiger partial charge in [0.25, 0.3) is 0 Å². The number of carbonyl (C=O) groups excluding carboxylic acids is 2. The van der Waals surface area contributed by atoms with E-state index >= 15 is 0 Å². The van der Waals surface area contributed by atoms with Crippen LogP contribution in [-0.2, 0) is 9.53 Å². The van der Waals surface area contributed by atoms with Gasteiger partial charge in [-0.15, -0.1) is 0 Å². The van der Waals surface area contributed by atoms with Gasteiger partial charge in [0.05, 0.1) is 25.5 Å². The Bertz CT molecular complexity index is 420. The third-order valence-corrected chi connectivity index (χ3v) is 4.42. The molecule has 0 aliphatic heterocycles. The molecule has 98 valence electrons. The lowest BCUT2D eigenvalue weighted by molar-refractivity contribution is -0.141. The van der Waals surface area contributed by atoms with Crippen molar-refractivity contribution in [3.05, 3.63) is 24.2 Å². The lowest BCUT2D eigenvalue weighted by Gasteiger charge is -2.12. The first-order valence-electron chi connectivity index (χ1n) is 5.86. The van der Waals surface area contributed by atoms with E-state index in [9.17, 15) is 9.59 Å². The number of hydrogen-bond acceptors (Lipinski definition) is 5. The molecular formula is C13H16O4S. The van der Waals surface area contributed by atoms with Crippen LogP contribution in [0.2, 0.25) is 0 Å². The minimum Gasteiger partial charge on any atom is -0.469 e. The summed E-state index contributed by atoms with van der Waals surface area (Å²) >= 11 is 1.56. The maximum atomic E-state index is 11.7. The molecular weight excluding hydrogens is 252 g/mol. The Morgan fingerprint density at radius 2 is 2.28 bits per heavy atom. The molecule has 2 rings (SSSR count). The van der Waals surface area contributed by atoms with Gasteiger partial charge in [-0.05, 0) is 36.1 Å². The molecule has 1 aliphatic carbocycles. The zero-order chi connectivity index (χ0) is 13.0. The number of hydrogen-bond donors (Lipinski definition) is 0. The van der Waals surface area contributed by atoms with E-state index in [4.69, 9.17) is 4.42 Å². The van der Waals surface area contributed by atoms with Gasteiger partial charge in [0.1, 0.15) is 0 Å². The second-order valence-electron chi connectivity index (χ2n) is 4.65. The molecule has 5 heteroatoms. The summed E-state index contributed by atoms with van der Waals surface area (Å²) < 4.78 is 9.72. The van der Waals surface area contributed by atoms with Gasteiger partial charge >= 0.3 is 5.97 Å². The monoisotopic (exact) mass is 268 g/mol. The Balaban J connectivity index is 1.72.